The van der Waals surface area contributed by atoms with Crippen molar-refractivity contribution in [2.45, 2.75) is 19.5 Å². The van der Waals surface area contributed by atoms with Crippen molar-refractivity contribution < 1.29 is 4.74 Å². The third-order valence-corrected chi connectivity index (χ3v) is 2.71. The molecule has 0 bridgehead atoms. The molecule has 1 aliphatic rings. The van der Waals surface area contributed by atoms with E-state index >= 15 is 0 Å². The van der Waals surface area contributed by atoms with Gasteiger partial charge in [-0.05, 0) is 44.3 Å². The molecule has 0 aliphatic carbocycles. The third-order valence-electron chi connectivity index (χ3n) is 2.07. The molecule has 0 amide bonds. The maximum Gasteiger partial charge on any atom is 0.298 e. The Bertz CT molecular complexity index is 511. The second-order valence-corrected chi connectivity index (χ2v) is 5.54. The molecule has 0 atom stereocenters. The van der Waals surface area contributed by atoms with Gasteiger partial charge in [-0.1, -0.05) is 23.2 Å². The molecule has 0 fully saturated rings. The number of halogens is 2. The van der Waals surface area contributed by atoms with Crippen molar-refractivity contribution in [1.29, 1.82) is 0 Å². The van der Waals surface area contributed by atoms with Crippen LogP contribution in [0.1, 0.15) is 13.8 Å². The van der Waals surface area contributed by atoms with Gasteiger partial charge in [-0.3, -0.25) is 5.32 Å². The summed E-state index contributed by atoms with van der Waals surface area (Å²) in [5.74, 6) is 0.499. The summed E-state index contributed by atoms with van der Waals surface area (Å²) in [6, 6.07) is 5.23. The van der Waals surface area contributed by atoms with Crippen LogP contribution in [0.4, 0.5) is 0 Å². The van der Waals surface area contributed by atoms with Gasteiger partial charge in [0.1, 0.15) is 11.4 Å². The van der Waals surface area contributed by atoms with Crippen molar-refractivity contribution in [3.8, 4) is 5.75 Å². The van der Waals surface area contributed by atoms with Crippen LogP contribution in [-0.2, 0) is 0 Å². The van der Waals surface area contributed by atoms with Gasteiger partial charge in [0.25, 0.3) is 6.02 Å². The number of aliphatic imine (C=N–C) groups is 1. The standard InChI is InChI=1S/C11H11Cl2N3OS/c1-11(2)15-9(14-10(18)16-11)17-8-4-6(12)3-7(13)5-8/h3-5H,1-2H3,(H2,14,15,16,18). The molecule has 1 heterocycles. The highest BCUT2D eigenvalue weighted by molar-refractivity contribution is 7.80. The molecular formula is C11H11Cl2N3OS. The zero-order valence-electron chi connectivity index (χ0n) is 9.75. The van der Waals surface area contributed by atoms with Gasteiger partial charge >= 0.3 is 0 Å². The molecule has 0 aromatic heterocycles. The summed E-state index contributed by atoms with van der Waals surface area (Å²) in [5.41, 5.74) is -0.514. The molecule has 2 rings (SSSR count). The normalized spacial score (nSPS) is 17.6. The molecule has 1 aliphatic heterocycles. The molecule has 2 N–H and O–H groups in total. The predicted octanol–water partition coefficient (Wildman–Crippen LogP) is 2.94. The number of nitrogens with zero attached hydrogens (tertiary/aromatic N) is 1. The molecule has 0 unspecified atom stereocenters. The highest BCUT2D eigenvalue weighted by atomic mass is 35.5. The quantitative estimate of drug-likeness (QED) is 0.783. The van der Waals surface area contributed by atoms with Crippen LogP contribution in [0, 0.1) is 0 Å². The van der Waals surface area contributed by atoms with Crippen LogP contribution in [0.15, 0.2) is 23.2 Å². The smallest absolute Gasteiger partial charge is 0.298 e. The minimum Gasteiger partial charge on any atom is -0.426 e. The molecule has 0 saturated heterocycles. The highest BCUT2D eigenvalue weighted by Crippen LogP contribution is 2.24. The number of benzene rings is 1. The summed E-state index contributed by atoms with van der Waals surface area (Å²) in [7, 11) is 0. The monoisotopic (exact) mass is 303 g/mol. The first-order valence-corrected chi connectivity index (χ1v) is 6.33. The van der Waals surface area contributed by atoms with Gasteiger partial charge < -0.3 is 10.1 Å². The van der Waals surface area contributed by atoms with Gasteiger partial charge in [-0.15, -0.1) is 0 Å². The molecule has 96 valence electrons. The van der Waals surface area contributed by atoms with E-state index < -0.39 is 5.66 Å². The molecular weight excluding hydrogens is 293 g/mol. The minimum absolute atomic E-state index is 0.307. The molecule has 1 aromatic carbocycles. The van der Waals surface area contributed by atoms with E-state index in [1.165, 1.54) is 0 Å². The Balaban J connectivity index is 2.23. The number of amidine groups is 1. The van der Waals surface area contributed by atoms with Gasteiger partial charge in [0, 0.05) is 10.0 Å². The minimum atomic E-state index is -0.514. The van der Waals surface area contributed by atoms with E-state index in [0.717, 1.165) is 0 Å². The fourth-order valence-electron chi connectivity index (χ4n) is 1.46. The third kappa shape index (κ3) is 3.48. The van der Waals surface area contributed by atoms with Gasteiger partial charge in [-0.25, -0.2) is 4.99 Å². The van der Waals surface area contributed by atoms with E-state index in [4.69, 9.17) is 40.2 Å². The molecule has 0 radical (unpaired) electrons. The van der Waals surface area contributed by atoms with Crippen LogP contribution in [0.2, 0.25) is 10.0 Å². The Morgan fingerprint density at radius 3 is 2.39 bits per heavy atom. The van der Waals surface area contributed by atoms with E-state index in [1.54, 1.807) is 18.2 Å². The van der Waals surface area contributed by atoms with Crippen LogP contribution < -0.4 is 15.4 Å². The van der Waals surface area contributed by atoms with Gasteiger partial charge in [-0.2, -0.15) is 0 Å². The lowest BCUT2D eigenvalue weighted by Gasteiger charge is -2.29. The molecule has 7 heteroatoms. The maximum atomic E-state index is 5.89. The number of nitrogens with one attached hydrogen (secondary N) is 2. The van der Waals surface area contributed by atoms with Crippen LogP contribution in [-0.4, -0.2) is 16.8 Å². The first kappa shape index (κ1) is 13.4. The summed E-state index contributed by atoms with van der Waals surface area (Å²) < 4.78 is 5.57. The van der Waals surface area contributed by atoms with Crippen LogP contribution in [0.5, 0.6) is 5.75 Å². The number of hydrogen-bond donors (Lipinski definition) is 2. The second kappa shape index (κ2) is 4.91. The predicted molar refractivity (Wildman–Crippen MR) is 77.5 cm³/mol. The first-order valence-electron chi connectivity index (χ1n) is 5.17. The zero-order chi connectivity index (χ0) is 13.3. The fraction of sp³-hybridized carbons (Fsp3) is 0.273. The number of thiocarbonyl (C=S) groups is 1. The lowest BCUT2D eigenvalue weighted by atomic mass is 10.2. The number of hydrogen-bond acceptors (Lipinski definition) is 3. The van der Waals surface area contributed by atoms with Gasteiger partial charge in [0.15, 0.2) is 5.11 Å². The molecule has 1 aromatic rings. The Morgan fingerprint density at radius 1 is 1.22 bits per heavy atom. The van der Waals surface area contributed by atoms with Crippen molar-refractivity contribution in [2.75, 3.05) is 0 Å². The van der Waals surface area contributed by atoms with Crippen molar-refractivity contribution >= 4 is 46.6 Å². The zero-order valence-corrected chi connectivity index (χ0v) is 12.1. The lowest BCUT2D eigenvalue weighted by molar-refractivity contribution is 0.431. The second-order valence-electron chi connectivity index (χ2n) is 4.26. The largest absolute Gasteiger partial charge is 0.426 e. The van der Waals surface area contributed by atoms with E-state index in [0.29, 0.717) is 26.9 Å². The maximum absolute atomic E-state index is 5.89. The number of ether oxygens (including phenoxy) is 1. The van der Waals surface area contributed by atoms with Crippen molar-refractivity contribution in [3.05, 3.63) is 28.2 Å². The molecule has 4 nitrogen and oxygen atoms in total. The summed E-state index contributed by atoms with van der Waals surface area (Å²) >= 11 is 16.8. The fourth-order valence-corrected chi connectivity index (χ4v) is 2.31. The molecule has 0 saturated carbocycles. The Morgan fingerprint density at radius 2 is 1.83 bits per heavy atom. The Kier molecular flexibility index (Phi) is 3.66. The van der Waals surface area contributed by atoms with E-state index in [-0.39, 0.29) is 0 Å². The Labute approximate surface area is 120 Å². The van der Waals surface area contributed by atoms with Crippen LogP contribution in [0.25, 0.3) is 0 Å². The number of rotatable bonds is 1. The van der Waals surface area contributed by atoms with Crippen molar-refractivity contribution in [3.63, 3.8) is 0 Å². The summed E-state index contributed by atoms with van der Waals surface area (Å²) in [6.07, 6.45) is 0. The Hall–Kier alpha value is -1.04. The average Bonchev–Trinajstić information content (AvgIpc) is 2.10. The SMILES string of the molecule is CC1(C)N=C(Oc2cc(Cl)cc(Cl)c2)NC(=S)N1. The lowest BCUT2D eigenvalue weighted by Crippen LogP contribution is -2.55. The summed E-state index contributed by atoms with van der Waals surface area (Å²) in [5, 5.41) is 7.26. The summed E-state index contributed by atoms with van der Waals surface area (Å²) in [6.45, 7) is 3.77. The average molecular weight is 304 g/mol. The summed E-state index contributed by atoms with van der Waals surface area (Å²) in [4.78, 5) is 4.32. The van der Waals surface area contributed by atoms with Crippen LogP contribution in [0.3, 0.4) is 0 Å². The molecule has 0 spiro atoms. The van der Waals surface area contributed by atoms with E-state index in [1.807, 2.05) is 13.8 Å². The van der Waals surface area contributed by atoms with E-state index in [9.17, 15) is 0 Å². The highest BCUT2D eigenvalue weighted by Gasteiger charge is 2.25. The molecule has 18 heavy (non-hydrogen) atoms. The van der Waals surface area contributed by atoms with E-state index in [2.05, 4.69) is 15.6 Å². The topological polar surface area (TPSA) is 45.6 Å². The van der Waals surface area contributed by atoms with Crippen LogP contribution >= 0.6 is 35.4 Å². The first-order chi connectivity index (χ1) is 8.34. The van der Waals surface area contributed by atoms with Gasteiger partial charge in [0.2, 0.25) is 0 Å². The van der Waals surface area contributed by atoms with Gasteiger partial charge in [0.05, 0.1) is 0 Å². The van der Waals surface area contributed by atoms with Crippen molar-refractivity contribution in [1.82, 2.24) is 10.6 Å². The van der Waals surface area contributed by atoms with Crippen molar-refractivity contribution in [2.24, 2.45) is 4.99 Å².